The van der Waals surface area contributed by atoms with Crippen LogP contribution >= 0.6 is 22.9 Å². The van der Waals surface area contributed by atoms with Crippen molar-refractivity contribution in [2.24, 2.45) is 0 Å². The lowest BCUT2D eigenvalue weighted by atomic mass is 10.2. The minimum Gasteiger partial charge on any atom is -0.322 e. The number of nitrogens with zero attached hydrogens (tertiary/aromatic N) is 1. The van der Waals surface area contributed by atoms with Gasteiger partial charge >= 0.3 is 0 Å². The van der Waals surface area contributed by atoms with Crippen LogP contribution in [-0.4, -0.2) is 21.4 Å². The van der Waals surface area contributed by atoms with Crippen LogP contribution in [0.4, 0.5) is 11.4 Å². The molecule has 2 aromatic carbocycles. The van der Waals surface area contributed by atoms with E-state index >= 15 is 0 Å². The summed E-state index contributed by atoms with van der Waals surface area (Å²) in [6.07, 6.45) is 0. The zero-order chi connectivity index (χ0) is 18.7. The van der Waals surface area contributed by atoms with E-state index in [9.17, 15) is 13.2 Å². The highest BCUT2D eigenvalue weighted by molar-refractivity contribution is 7.94. The van der Waals surface area contributed by atoms with Gasteiger partial charge in [0.2, 0.25) is 0 Å². The number of halogens is 1. The number of rotatable bonds is 5. The summed E-state index contributed by atoms with van der Waals surface area (Å²) in [5.74, 6) is -0.289. The van der Waals surface area contributed by atoms with Crippen molar-refractivity contribution in [1.29, 1.82) is 0 Å². The van der Waals surface area contributed by atoms with Crippen LogP contribution in [-0.2, 0) is 10.0 Å². The summed E-state index contributed by atoms with van der Waals surface area (Å²) in [5, 5.41) is 5.06. The van der Waals surface area contributed by atoms with Gasteiger partial charge in [0.15, 0.2) is 0 Å². The molecule has 3 aromatic rings. The third kappa shape index (κ3) is 3.90. The Hall–Kier alpha value is -2.35. The second-order valence-electron chi connectivity index (χ2n) is 5.41. The van der Waals surface area contributed by atoms with Gasteiger partial charge in [-0.15, -0.1) is 11.3 Å². The third-order valence-electron chi connectivity index (χ3n) is 3.71. The molecule has 134 valence electrons. The van der Waals surface area contributed by atoms with E-state index in [1.807, 2.05) is 0 Å². The molecule has 0 bridgehead atoms. The van der Waals surface area contributed by atoms with Crippen LogP contribution in [0.2, 0.25) is 5.02 Å². The lowest BCUT2D eigenvalue weighted by molar-refractivity contribution is 0.102. The summed E-state index contributed by atoms with van der Waals surface area (Å²) < 4.78 is 26.5. The van der Waals surface area contributed by atoms with Crippen molar-refractivity contribution in [3.05, 3.63) is 76.6 Å². The molecular weight excluding hydrogens is 392 g/mol. The number of carbonyl (C=O) groups excluding carboxylic acids is 1. The SMILES string of the molecule is CN(c1ccc(C(=O)Nc2ccc(Cl)cc2)cc1)S(=O)(=O)c1cccs1. The first-order valence-corrected chi connectivity index (χ1v) is 10.3. The molecule has 8 heteroatoms. The van der Waals surface area contributed by atoms with Crippen molar-refractivity contribution >= 4 is 50.2 Å². The maximum Gasteiger partial charge on any atom is 0.273 e. The molecule has 1 amide bonds. The standard InChI is InChI=1S/C18H15ClN2O3S2/c1-21(26(23,24)17-3-2-12-25-17)16-10-4-13(5-11-16)18(22)20-15-8-6-14(19)7-9-15/h2-12H,1H3,(H,20,22). The van der Waals surface area contributed by atoms with E-state index in [0.29, 0.717) is 22.0 Å². The highest BCUT2D eigenvalue weighted by Gasteiger charge is 2.22. The third-order valence-corrected chi connectivity index (χ3v) is 7.12. The van der Waals surface area contributed by atoms with Gasteiger partial charge < -0.3 is 5.32 Å². The molecule has 3 rings (SSSR count). The van der Waals surface area contributed by atoms with Crippen molar-refractivity contribution < 1.29 is 13.2 Å². The Morgan fingerprint density at radius 3 is 2.27 bits per heavy atom. The van der Waals surface area contributed by atoms with E-state index < -0.39 is 10.0 Å². The Bertz CT molecular complexity index is 1000. The molecule has 1 N–H and O–H groups in total. The van der Waals surface area contributed by atoms with Gasteiger partial charge in [0.25, 0.3) is 15.9 Å². The summed E-state index contributed by atoms with van der Waals surface area (Å²) in [6.45, 7) is 0. The molecule has 0 saturated carbocycles. The van der Waals surface area contributed by atoms with Gasteiger partial charge in [0.05, 0.1) is 5.69 Å². The van der Waals surface area contributed by atoms with Crippen LogP contribution in [0.5, 0.6) is 0 Å². The van der Waals surface area contributed by atoms with Crippen LogP contribution in [0.1, 0.15) is 10.4 Å². The number of thiophene rings is 1. The zero-order valence-electron chi connectivity index (χ0n) is 13.7. The molecule has 0 atom stereocenters. The Morgan fingerprint density at radius 2 is 1.69 bits per heavy atom. The fourth-order valence-electron chi connectivity index (χ4n) is 2.24. The number of hydrogen-bond donors (Lipinski definition) is 1. The molecular formula is C18H15ClN2O3S2. The molecule has 0 aliphatic rings. The first-order chi connectivity index (χ1) is 12.4. The largest absolute Gasteiger partial charge is 0.322 e. The van der Waals surface area contributed by atoms with Crippen molar-refractivity contribution in [2.75, 3.05) is 16.7 Å². The summed E-state index contributed by atoms with van der Waals surface area (Å²) in [4.78, 5) is 12.3. The quantitative estimate of drug-likeness (QED) is 0.679. The molecule has 0 aliphatic heterocycles. The number of nitrogens with one attached hydrogen (secondary N) is 1. The lowest BCUT2D eigenvalue weighted by Gasteiger charge is -2.18. The first kappa shape index (κ1) is 18.4. The smallest absolute Gasteiger partial charge is 0.273 e. The Labute approximate surface area is 160 Å². The van der Waals surface area contributed by atoms with E-state index in [-0.39, 0.29) is 10.1 Å². The molecule has 5 nitrogen and oxygen atoms in total. The monoisotopic (exact) mass is 406 g/mol. The molecule has 0 spiro atoms. The number of hydrogen-bond acceptors (Lipinski definition) is 4. The van der Waals surface area contributed by atoms with Crippen molar-refractivity contribution in [3.8, 4) is 0 Å². The number of carbonyl (C=O) groups is 1. The average Bonchev–Trinajstić information content (AvgIpc) is 3.18. The second-order valence-corrected chi connectivity index (χ2v) is 8.99. The highest BCUT2D eigenvalue weighted by atomic mass is 35.5. The van der Waals surface area contributed by atoms with Crippen LogP contribution in [0.15, 0.2) is 70.3 Å². The number of amides is 1. The van der Waals surface area contributed by atoms with Gasteiger partial charge in [-0.25, -0.2) is 8.42 Å². The molecule has 0 radical (unpaired) electrons. The summed E-state index contributed by atoms with van der Waals surface area (Å²) >= 11 is 6.98. The molecule has 0 fully saturated rings. The van der Waals surface area contributed by atoms with Crippen molar-refractivity contribution in [2.45, 2.75) is 4.21 Å². The number of benzene rings is 2. The van der Waals surface area contributed by atoms with Crippen molar-refractivity contribution in [3.63, 3.8) is 0 Å². The summed E-state index contributed by atoms with van der Waals surface area (Å²) in [5.41, 5.74) is 1.52. The minimum atomic E-state index is -3.60. The highest BCUT2D eigenvalue weighted by Crippen LogP contribution is 2.25. The van der Waals surface area contributed by atoms with Gasteiger partial charge in [-0.3, -0.25) is 9.10 Å². The maximum absolute atomic E-state index is 12.5. The molecule has 26 heavy (non-hydrogen) atoms. The topological polar surface area (TPSA) is 66.5 Å². The number of sulfonamides is 1. The van der Waals surface area contributed by atoms with Crippen LogP contribution < -0.4 is 9.62 Å². The second kappa shape index (κ2) is 7.49. The Kier molecular flexibility index (Phi) is 5.31. The van der Waals surface area contributed by atoms with E-state index in [2.05, 4.69) is 5.32 Å². The fraction of sp³-hybridized carbons (Fsp3) is 0.0556. The van der Waals surface area contributed by atoms with Gasteiger partial charge in [-0.05, 0) is 60.0 Å². The maximum atomic E-state index is 12.5. The number of anilines is 2. The molecule has 1 aromatic heterocycles. The van der Waals surface area contributed by atoms with E-state index in [1.165, 1.54) is 11.4 Å². The Morgan fingerprint density at radius 1 is 1.04 bits per heavy atom. The molecule has 0 unspecified atom stereocenters. The van der Waals surface area contributed by atoms with Crippen LogP contribution in [0.3, 0.4) is 0 Å². The minimum absolute atomic E-state index is 0.268. The predicted molar refractivity (Wildman–Crippen MR) is 106 cm³/mol. The predicted octanol–water partition coefficient (Wildman–Crippen LogP) is 4.48. The normalized spacial score (nSPS) is 11.2. The molecule has 0 aliphatic carbocycles. The average molecular weight is 407 g/mol. The van der Waals surface area contributed by atoms with E-state index in [1.54, 1.807) is 66.0 Å². The Balaban J connectivity index is 1.75. The van der Waals surface area contributed by atoms with Gasteiger partial charge in [-0.2, -0.15) is 0 Å². The lowest BCUT2D eigenvalue weighted by Crippen LogP contribution is -2.25. The van der Waals surface area contributed by atoms with Crippen LogP contribution in [0.25, 0.3) is 0 Å². The van der Waals surface area contributed by atoms with E-state index in [0.717, 1.165) is 11.3 Å². The van der Waals surface area contributed by atoms with Gasteiger partial charge in [0, 0.05) is 23.3 Å². The first-order valence-electron chi connectivity index (χ1n) is 7.57. The van der Waals surface area contributed by atoms with Gasteiger partial charge in [0.1, 0.15) is 4.21 Å². The summed E-state index contributed by atoms with van der Waals surface area (Å²) in [7, 11) is -2.11. The van der Waals surface area contributed by atoms with Gasteiger partial charge in [-0.1, -0.05) is 17.7 Å². The van der Waals surface area contributed by atoms with Crippen molar-refractivity contribution in [1.82, 2.24) is 0 Å². The molecule has 1 heterocycles. The van der Waals surface area contributed by atoms with E-state index in [4.69, 9.17) is 11.6 Å². The zero-order valence-corrected chi connectivity index (χ0v) is 16.1. The molecule has 0 saturated heterocycles. The fourth-order valence-corrected chi connectivity index (χ4v) is 4.73. The summed E-state index contributed by atoms with van der Waals surface area (Å²) in [6, 6.07) is 16.4. The van der Waals surface area contributed by atoms with Crippen LogP contribution in [0, 0.1) is 0 Å².